The van der Waals surface area contributed by atoms with Crippen LogP contribution in [-0.2, 0) is 16.1 Å². The van der Waals surface area contributed by atoms with Crippen molar-refractivity contribution in [2.45, 2.75) is 44.6 Å². The SMILES string of the molecule is C[C@H]1C[C@H](Oc2cccc(-c3cccc(CNCC[C@H]4CN(c5ccc6c(n5)NC(=O)CO6)C(=O)O4)c3)n2)CN1. The van der Waals surface area contributed by atoms with Gasteiger partial charge in [0.1, 0.15) is 18.0 Å². The maximum absolute atomic E-state index is 12.5. The second kappa shape index (κ2) is 11.5. The van der Waals surface area contributed by atoms with Crippen LogP contribution in [0.5, 0.6) is 11.6 Å². The van der Waals surface area contributed by atoms with E-state index in [1.165, 1.54) is 4.90 Å². The lowest BCUT2D eigenvalue weighted by Gasteiger charge is -2.19. The summed E-state index contributed by atoms with van der Waals surface area (Å²) in [5, 5.41) is 9.51. The van der Waals surface area contributed by atoms with E-state index >= 15 is 0 Å². The number of amides is 2. The largest absolute Gasteiger partial charge is 0.480 e. The number of ether oxygens (including phenoxy) is 3. The van der Waals surface area contributed by atoms with Gasteiger partial charge in [-0.2, -0.15) is 0 Å². The van der Waals surface area contributed by atoms with E-state index in [2.05, 4.69) is 40.0 Å². The van der Waals surface area contributed by atoms with Crippen LogP contribution in [0.2, 0.25) is 0 Å². The quantitative estimate of drug-likeness (QED) is 0.348. The Balaban J connectivity index is 0.997. The van der Waals surface area contributed by atoms with Gasteiger partial charge in [-0.05, 0) is 49.7 Å². The molecule has 3 aliphatic rings. The minimum absolute atomic E-state index is 0.0455. The summed E-state index contributed by atoms with van der Waals surface area (Å²) in [5.74, 6) is 1.57. The van der Waals surface area contributed by atoms with Crippen LogP contribution in [0.25, 0.3) is 11.3 Å². The number of nitrogens with one attached hydrogen (secondary N) is 3. The van der Waals surface area contributed by atoms with E-state index in [1.807, 2.05) is 30.3 Å². The monoisotopic (exact) mass is 544 g/mol. The first kappa shape index (κ1) is 26.0. The van der Waals surface area contributed by atoms with Crippen LogP contribution in [0.4, 0.5) is 16.4 Å². The van der Waals surface area contributed by atoms with Gasteiger partial charge in [0.05, 0.1) is 12.2 Å². The van der Waals surface area contributed by atoms with Crippen LogP contribution >= 0.6 is 0 Å². The fraction of sp³-hybridized carbons (Fsp3) is 0.379. The zero-order valence-corrected chi connectivity index (χ0v) is 22.3. The van der Waals surface area contributed by atoms with Gasteiger partial charge in [0.25, 0.3) is 5.91 Å². The van der Waals surface area contributed by atoms with Gasteiger partial charge in [-0.15, -0.1) is 0 Å². The summed E-state index contributed by atoms with van der Waals surface area (Å²) in [4.78, 5) is 34.7. The molecule has 0 unspecified atom stereocenters. The average molecular weight is 545 g/mol. The molecule has 5 heterocycles. The first-order chi connectivity index (χ1) is 19.5. The Morgan fingerprint density at radius 3 is 2.90 bits per heavy atom. The molecule has 3 N–H and O–H groups in total. The smallest absolute Gasteiger partial charge is 0.415 e. The highest BCUT2D eigenvalue weighted by Crippen LogP contribution is 2.30. The maximum atomic E-state index is 12.5. The number of carbonyl (C=O) groups excluding carboxylic acids is 2. The predicted molar refractivity (Wildman–Crippen MR) is 148 cm³/mol. The lowest BCUT2D eigenvalue weighted by molar-refractivity contribution is -0.118. The normalized spacial score (nSPS) is 21.9. The number of fused-ring (bicyclic) bond motifs is 1. The molecule has 3 aliphatic heterocycles. The van der Waals surface area contributed by atoms with Crippen molar-refractivity contribution in [1.29, 1.82) is 0 Å². The fourth-order valence-corrected chi connectivity index (χ4v) is 5.09. The number of aromatic nitrogens is 2. The van der Waals surface area contributed by atoms with Crippen LogP contribution in [0.3, 0.4) is 0 Å². The lowest BCUT2D eigenvalue weighted by Crippen LogP contribution is -2.29. The zero-order chi connectivity index (χ0) is 27.5. The molecule has 1 aromatic carbocycles. The van der Waals surface area contributed by atoms with Crippen molar-refractivity contribution in [1.82, 2.24) is 20.6 Å². The van der Waals surface area contributed by atoms with E-state index in [0.29, 0.717) is 55.4 Å². The van der Waals surface area contributed by atoms with Crippen LogP contribution in [0.1, 0.15) is 25.3 Å². The summed E-state index contributed by atoms with van der Waals surface area (Å²) in [6.45, 7) is 4.69. The number of benzene rings is 1. The number of nitrogens with zero attached hydrogens (tertiary/aromatic N) is 3. The molecule has 0 saturated carbocycles. The topological polar surface area (TPSA) is 127 Å². The molecular weight excluding hydrogens is 512 g/mol. The second-order valence-corrected chi connectivity index (χ2v) is 10.3. The fourth-order valence-electron chi connectivity index (χ4n) is 5.09. The molecule has 2 aromatic heterocycles. The van der Waals surface area contributed by atoms with Crippen molar-refractivity contribution in [2.24, 2.45) is 0 Å². The summed E-state index contributed by atoms with van der Waals surface area (Å²) < 4.78 is 17.0. The highest BCUT2D eigenvalue weighted by Gasteiger charge is 2.33. The Morgan fingerprint density at radius 1 is 1.12 bits per heavy atom. The van der Waals surface area contributed by atoms with Gasteiger partial charge < -0.3 is 30.2 Å². The molecule has 3 atom stereocenters. The van der Waals surface area contributed by atoms with Gasteiger partial charge >= 0.3 is 6.09 Å². The third-order valence-electron chi connectivity index (χ3n) is 7.13. The number of hydrogen-bond acceptors (Lipinski definition) is 9. The minimum Gasteiger partial charge on any atom is -0.480 e. The van der Waals surface area contributed by atoms with Gasteiger partial charge in [-0.3, -0.25) is 9.69 Å². The summed E-state index contributed by atoms with van der Waals surface area (Å²) in [5.41, 5.74) is 3.03. The van der Waals surface area contributed by atoms with E-state index in [0.717, 1.165) is 29.8 Å². The molecule has 0 bridgehead atoms. The molecule has 3 aromatic rings. The molecule has 11 nitrogen and oxygen atoms in total. The van der Waals surface area contributed by atoms with Crippen molar-refractivity contribution in [3.05, 3.63) is 60.2 Å². The van der Waals surface area contributed by atoms with Crippen LogP contribution < -0.4 is 30.3 Å². The number of cyclic esters (lactones) is 1. The predicted octanol–water partition coefficient (Wildman–Crippen LogP) is 3.11. The van der Waals surface area contributed by atoms with Crippen LogP contribution in [0, 0.1) is 0 Å². The van der Waals surface area contributed by atoms with Gasteiger partial charge in [0, 0.05) is 37.2 Å². The first-order valence-electron chi connectivity index (χ1n) is 13.6. The standard InChI is InChI=1S/C29H32N6O5/c1-18-12-22(15-31-18)39-27-7-3-6-23(32-27)20-5-2-4-19(13-20)14-30-11-10-21-16-35(29(37)40-21)25-9-8-24-28(33-25)34-26(36)17-38-24/h2-9,13,18,21-22,30-31H,10-12,14-17H2,1H3,(H,33,34,36)/t18-,21-,22-/m0/s1. The second-order valence-electron chi connectivity index (χ2n) is 10.3. The Morgan fingerprint density at radius 2 is 2.02 bits per heavy atom. The van der Waals surface area contributed by atoms with E-state index in [9.17, 15) is 9.59 Å². The zero-order valence-electron chi connectivity index (χ0n) is 22.3. The Bertz CT molecular complexity index is 1400. The minimum atomic E-state index is -0.453. The molecule has 0 aliphatic carbocycles. The molecule has 6 rings (SSSR count). The Labute approximate surface area is 232 Å². The van der Waals surface area contributed by atoms with Gasteiger partial charge in [-0.25, -0.2) is 14.8 Å². The van der Waals surface area contributed by atoms with Crippen LogP contribution in [0.15, 0.2) is 54.6 Å². The summed E-state index contributed by atoms with van der Waals surface area (Å²) >= 11 is 0. The number of rotatable bonds is 9. The molecule has 11 heteroatoms. The number of anilines is 2. The van der Waals surface area contributed by atoms with E-state index in [4.69, 9.17) is 19.2 Å². The first-order valence-corrected chi connectivity index (χ1v) is 13.6. The maximum Gasteiger partial charge on any atom is 0.415 e. The van der Waals surface area contributed by atoms with Crippen molar-refractivity contribution >= 4 is 23.6 Å². The molecular formula is C29H32N6O5. The van der Waals surface area contributed by atoms with Crippen molar-refractivity contribution in [3.8, 4) is 22.9 Å². The Kier molecular flexibility index (Phi) is 7.47. The molecule has 208 valence electrons. The average Bonchev–Trinajstić information content (AvgIpc) is 3.55. The van der Waals surface area contributed by atoms with Crippen molar-refractivity contribution < 1.29 is 23.8 Å². The van der Waals surface area contributed by atoms with Crippen molar-refractivity contribution in [2.75, 3.05) is 36.5 Å². The molecule has 2 saturated heterocycles. The number of pyridine rings is 2. The summed E-state index contributed by atoms with van der Waals surface area (Å²) in [6, 6.07) is 18.0. The van der Waals surface area contributed by atoms with Gasteiger partial charge in [-0.1, -0.05) is 24.3 Å². The Hall–Kier alpha value is -4.22. The van der Waals surface area contributed by atoms with Gasteiger partial charge in [0.15, 0.2) is 18.2 Å². The molecule has 2 fully saturated rings. The number of carbonyl (C=O) groups is 2. The third kappa shape index (κ3) is 6.00. The van der Waals surface area contributed by atoms with Gasteiger partial charge in [0.2, 0.25) is 5.88 Å². The van der Waals surface area contributed by atoms with E-state index in [-0.39, 0.29) is 24.7 Å². The highest BCUT2D eigenvalue weighted by atomic mass is 16.6. The summed E-state index contributed by atoms with van der Waals surface area (Å²) in [7, 11) is 0. The number of hydrogen-bond donors (Lipinski definition) is 3. The molecule has 0 radical (unpaired) electrons. The summed E-state index contributed by atoms with van der Waals surface area (Å²) in [6.07, 6.45) is 1.06. The van der Waals surface area contributed by atoms with E-state index in [1.54, 1.807) is 12.1 Å². The van der Waals surface area contributed by atoms with Crippen molar-refractivity contribution in [3.63, 3.8) is 0 Å². The van der Waals surface area contributed by atoms with Crippen LogP contribution in [-0.4, -0.2) is 66.5 Å². The molecule has 0 spiro atoms. The highest BCUT2D eigenvalue weighted by molar-refractivity contribution is 5.95. The molecule has 40 heavy (non-hydrogen) atoms. The van der Waals surface area contributed by atoms with E-state index < -0.39 is 6.09 Å². The lowest BCUT2D eigenvalue weighted by atomic mass is 10.1. The third-order valence-corrected chi connectivity index (χ3v) is 7.13. The molecule has 2 amide bonds.